The van der Waals surface area contributed by atoms with E-state index in [-0.39, 0.29) is 20.4 Å². The summed E-state index contributed by atoms with van der Waals surface area (Å²) >= 11 is 0. The fourth-order valence-corrected chi connectivity index (χ4v) is 3.36. The number of allylic oxidation sites excluding steroid dienone is 4. The van der Waals surface area contributed by atoms with Gasteiger partial charge in [-0.3, -0.25) is 0 Å². The molecule has 0 amide bonds. The Balaban J connectivity index is 0.000000158. The molecule has 4 heterocycles. The third-order valence-corrected chi connectivity index (χ3v) is 4.69. The van der Waals surface area contributed by atoms with Gasteiger partial charge in [-0.2, -0.15) is 24.8 Å². The summed E-state index contributed by atoms with van der Waals surface area (Å²) in [6.45, 7) is 0. The van der Waals surface area contributed by atoms with Gasteiger partial charge < -0.3 is 21.3 Å². The monoisotopic (exact) mass is 611 g/mol. The van der Waals surface area contributed by atoms with E-state index in [2.05, 4.69) is 69.8 Å². The molecular weight excluding hydrogens is 596 g/mol. The first-order valence-corrected chi connectivity index (χ1v) is 12.1. The number of nitrogens with zero attached hydrogens (tertiary/aromatic N) is 4. The van der Waals surface area contributed by atoms with Crippen molar-refractivity contribution in [1.29, 1.82) is 0 Å². The van der Waals surface area contributed by atoms with Crippen LogP contribution in [-0.4, -0.2) is 0 Å². The summed E-state index contributed by atoms with van der Waals surface area (Å²) in [6, 6.07) is 8.30. The van der Waals surface area contributed by atoms with Crippen LogP contribution in [0.3, 0.4) is 0 Å². The molecule has 4 aliphatic heterocycles. The Morgan fingerprint density at radius 1 is 0.417 bits per heavy atom. The topological polar surface area (TPSA) is 56.4 Å². The molecule has 6 rings (SSSR count). The summed E-state index contributed by atoms with van der Waals surface area (Å²) in [4.78, 5) is 0. The predicted octanol–water partition coefficient (Wildman–Crippen LogP) is 8.01. The molecule has 0 fully saturated rings. The van der Waals surface area contributed by atoms with Crippen molar-refractivity contribution in [3.05, 3.63) is 116 Å². The van der Waals surface area contributed by atoms with Crippen molar-refractivity contribution in [3.8, 4) is 0 Å². The molecule has 0 aromatic heterocycles. The van der Waals surface area contributed by atoms with Crippen molar-refractivity contribution in [1.82, 2.24) is 0 Å². The van der Waals surface area contributed by atoms with Crippen LogP contribution < -0.4 is 20.9 Å². The molecule has 4 nitrogen and oxygen atoms in total. The maximum absolute atomic E-state index is 10.7. The maximum Gasteiger partial charge on any atom is 0 e. The quantitative estimate of drug-likeness (QED) is 0.165. The first-order valence-electron chi connectivity index (χ1n) is 10.1. The van der Waals surface area contributed by atoms with Crippen LogP contribution in [0.25, 0.3) is 45.6 Å². The zero-order valence-corrected chi connectivity index (χ0v) is 20.5. The molecule has 0 aliphatic carbocycles. The standard InChI is InChI=1S/2C12H8N2.F6P.Pd/c2*1-3-9-5-6-10-4-2-8-14-12(10)11(9)13-7-1;1-7(2,3,4,5)6;/h2*1-8H;;/q2*-2;-1;. The van der Waals surface area contributed by atoms with E-state index in [9.17, 15) is 25.2 Å². The van der Waals surface area contributed by atoms with Crippen LogP contribution in [0.5, 0.6) is 0 Å². The van der Waals surface area contributed by atoms with Gasteiger partial charge >= 0.3 is 33.0 Å². The largest absolute Gasteiger partial charge is 0 e. The van der Waals surface area contributed by atoms with Crippen molar-refractivity contribution >= 4 is 54.9 Å². The average molecular weight is 612 g/mol. The SMILES string of the molecule is C1=C[N-]c2c3c(ccc2=C1)=CC=C[N-]3.C1=C[N-]c2c3c(ccc2=C1)=CC=C[N-]3.F[P-](F)(F)(F)(F)F.[Pd]. The molecule has 36 heavy (non-hydrogen) atoms. The molecule has 0 unspecified atom stereocenters. The van der Waals surface area contributed by atoms with Crippen LogP contribution >= 0.6 is 7.81 Å². The summed E-state index contributed by atoms with van der Waals surface area (Å²) in [5, 5.41) is 21.9. The van der Waals surface area contributed by atoms with E-state index in [0.717, 1.165) is 43.6 Å². The molecule has 2 aromatic rings. The second-order valence-electron chi connectivity index (χ2n) is 7.39. The number of rotatable bonds is 0. The third-order valence-electron chi connectivity index (χ3n) is 4.69. The molecule has 2 aromatic carbocycles. The number of halogens is 6. The Morgan fingerprint density at radius 3 is 0.806 bits per heavy atom. The van der Waals surface area contributed by atoms with Crippen molar-refractivity contribution in [2.24, 2.45) is 0 Å². The first kappa shape index (κ1) is 27.3. The van der Waals surface area contributed by atoms with Gasteiger partial charge in [0.05, 0.1) is 0 Å². The minimum Gasteiger partial charge on any atom is 0 e. The van der Waals surface area contributed by atoms with Crippen LogP contribution in [0.15, 0.2) is 73.4 Å². The fraction of sp³-hybridized carbons (Fsp3) is 0. The van der Waals surface area contributed by atoms with E-state index in [0.29, 0.717) is 0 Å². The van der Waals surface area contributed by atoms with Crippen LogP contribution in [0, 0.1) is 0 Å². The van der Waals surface area contributed by atoms with Crippen molar-refractivity contribution in [2.45, 2.75) is 0 Å². The Bertz CT molecular complexity index is 1330. The fourth-order valence-electron chi connectivity index (χ4n) is 3.36. The summed E-state index contributed by atoms with van der Waals surface area (Å²) in [5.74, 6) is 0. The summed E-state index contributed by atoms with van der Waals surface area (Å²) in [5.41, 5.74) is 3.91. The molecular formula is C24H16F6N4PPd-5. The van der Waals surface area contributed by atoms with Gasteiger partial charge in [0.2, 0.25) is 0 Å². The number of benzene rings is 2. The summed E-state index contributed by atoms with van der Waals surface area (Å²) in [6.07, 6.45) is 23.2. The van der Waals surface area contributed by atoms with Gasteiger partial charge in [-0.1, -0.05) is 72.9 Å². The van der Waals surface area contributed by atoms with Crippen molar-refractivity contribution in [3.63, 3.8) is 0 Å². The van der Waals surface area contributed by atoms with Gasteiger partial charge in [0.15, 0.2) is 0 Å². The van der Waals surface area contributed by atoms with Crippen LogP contribution in [0.1, 0.15) is 0 Å². The van der Waals surface area contributed by atoms with Crippen LogP contribution in [0.2, 0.25) is 0 Å². The first-order chi connectivity index (χ1) is 16.3. The van der Waals surface area contributed by atoms with E-state index in [1.54, 1.807) is 24.8 Å². The second kappa shape index (κ2) is 9.66. The van der Waals surface area contributed by atoms with Gasteiger partial charge in [-0.05, 0) is 20.9 Å². The molecule has 0 bridgehead atoms. The Hall–Kier alpha value is -3.25. The summed E-state index contributed by atoms with van der Waals surface area (Å²) < 4.78 is 59.2. The van der Waals surface area contributed by atoms with Gasteiger partial charge in [0.1, 0.15) is 0 Å². The van der Waals surface area contributed by atoms with E-state index in [1.165, 1.54) is 0 Å². The minimum atomic E-state index is -10.7. The van der Waals surface area contributed by atoms with Crippen LogP contribution in [-0.2, 0) is 20.4 Å². The molecule has 4 aliphatic rings. The Labute approximate surface area is 215 Å². The smallest absolute Gasteiger partial charge is 0 e. The zero-order valence-electron chi connectivity index (χ0n) is 18.1. The molecule has 0 spiro atoms. The number of hydrogen-bond donors (Lipinski definition) is 0. The van der Waals surface area contributed by atoms with Crippen molar-refractivity contribution < 1.29 is 45.6 Å². The van der Waals surface area contributed by atoms with Crippen LogP contribution in [0.4, 0.5) is 47.9 Å². The summed E-state index contributed by atoms with van der Waals surface area (Å²) in [7, 11) is -10.7. The molecule has 12 heteroatoms. The van der Waals surface area contributed by atoms with Gasteiger partial charge in [-0.25, -0.2) is 0 Å². The molecule has 0 radical (unpaired) electrons. The molecule has 0 atom stereocenters. The van der Waals surface area contributed by atoms with E-state index < -0.39 is 7.81 Å². The average Bonchev–Trinajstić information content (AvgIpc) is 2.82. The minimum absolute atomic E-state index is 0. The van der Waals surface area contributed by atoms with Gasteiger partial charge in [-0.15, -0.1) is 22.7 Å². The van der Waals surface area contributed by atoms with Gasteiger partial charge in [0, 0.05) is 20.4 Å². The van der Waals surface area contributed by atoms with E-state index >= 15 is 0 Å². The molecule has 0 N–H and O–H groups in total. The number of hydrogen-bond acceptors (Lipinski definition) is 0. The number of fused-ring (bicyclic) bond motifs is 6. The Kier molecular flexibility index (Phi) is 7.34. The normalized spacial score (nSPS) is 16.5. The van der Waals surface area contributed by atoms with Crippen molar-refractivity contribution in [2.75, 3.05) is 0 Å². The maximum atomic E-state index is 9.87. The molecule has 0 saturated carbocycles. The Morgan fingerprint density at radius 2 is 0.611 bits per heavy atom. The predicted molar refractivity (Wildman–Crippen MR) is 131 cm³/mol. The van der Waals surface area contributed by atoms with E-state index in [4.69, 9.17) is 0 Å². The van der Waals surface area contributed by atoms with Gasteiger partial charge in [0.25, 0.3) is 0 Å². The second-order valence-corrected chi connectivity index (χ2v) is 9.31. The van der Waals surface area contributed by atoms with E-state index in [1.807, 2.05) is 24.3 Å². The molecule has 0 saturated heterocycles. The zero-order chi connectivity index (χ0) is 25.2. The molecule has 194 valence electrons. The third kappa shape index (κ3) is 7.89.